The Balaban J connectivity index is 1.88. The Morgan fingerprint density at radius 1 is 0.900 bits per heavy atom. The van der Waals surface area contributed by atoms with Crippen LogP contribution < -0.4 is 15.1 Å². The molecule has 0 spiro atoms. The molecule has 2 atom stereocenters. The molecule has 0 saturated carbocycles. The van der Waals surface area contributed by atoms with Gasteiger partial charge in [-0.2, -0.15) is 15.0 Å². The Morgan fingerprint density at radius 3 is 2.00 bits per heavy atom. The van der Waals surface area contributed by atoms with E-state index < -0.39 is 0 Å². The van der Waals surface area contributed by atoms with Crippen molar-refractivity contribution in [2.75, 3.05) is 48.3 Å². The van der Waals surface area contributed by atoms with Crippen LogP contribution in [0, 0.1) is 11.8 Å². The third-order valence-corrected chi connectivity index (χ3v) is 4.50. The summed E-state index contributed by atoms with van der Waals surface area (Å²) >= 11 is 0. The number of rotatable bonds is 3. The Hall–Kier alpha value is -1.59. The van der Waals surface area contributed by atoms with Crippen LogP contribution in [-0.2, 0) is 0 Å². The quantitative estimate of drug-likeness (QED) is 0.905. The van der Waals surface area contributed by atoms with Crippen LogP contribution in [0.2, 0.25) is 0 Å². The largest absolute Gasteiger partial charge is 0.357 e. The fourth-order valence-electron chi connectivity index (χ4n) is 2.96. The van der Waals surface area contributed by atoms with Gasteiger partial charge in [-0.3, -0.25) is 0 Å². The molecule has 20 heavy (non-hydrogen) atoms. The molecule has 0 bridgehead atoms. The Morgan fingerprint density at radius 2 is 1.45 bits per heavy atom. The molecule has 110 valence electrons. The highest BCUT2D eigenvalue weighted by Gasteiger charge is 2.29. The van der Waals surface area contributed by atoms with Crippen molar-refractivity contribution in [1.29, 1.82) is 0 Å². The van der Waals surface area contributed by atoms with Crippen molar-refractivity contribution in [3.8, 4) is 0 Å². The monoisotopic (exact) mass is 276 g/mol. The van der Waals surface area contributed by atoms with E-state index in [2.05, 4.69) is 38.9 Å². The molecule has 3 heterocycles. The summed E-state index contributed by atoms with van der Waals surface area (Å²) in [7, 11) is 1.86. The Labute approximate surface area is 120 Å². The number of hydrogen-bond donors (Lipinski definition) is 1. The van der Waals surface area contributed by atoms with Crippen LogP contribution in [0.5, 0.6) is 0 Å². The topological polar surface area (TPSA) is 57.2 Å². The Kier molecular flexibility index (Phi) is 3.63. The molecule has 6 heteroatoms. The molecule has 6 nitrogen and oxygen atoms in total. The van der Waals surface area contributed by atoms with Gasteiger partial charge >= 0.3 is 0 Å². The molecule has 1 N–H and O–H groups in total. The lowest BCUT2D eigenvalue weighted by molar-refractivity contribution is 0.494. The van der Waals surface area contributed by atoms with E-state index in [-0.39, 0.29) is 0 Å². The molecule has 3 rings (SSSR count). The van der Waals surface area contributed by atoms with Crippen LogP contribution >= 0.6 is 0 Å². The summed E-state index contributed by atoms with van der Waals surface area (Å²) in [5.41, 5.74) is 0. The number of anilines is 3. The predicted molar refractivity (Wildman–Crippen MR) is 81.4 cm³/mol. The minimum Gasteiger partial charge on any atom is -0.357 e. The molecule has 2 aliphatic rings. The first-order chi connectivity index (χ1) is 9.67. The minimum absolute atomic E-state index is 0.670. The molecule has 0 amide bonds. The molecule has 0 aliphatic carbocycles. The zero-order valence-electron chi connectivity index (χ0n) is 12.6. The average molecular weight is 276 g/mol. The number of nitrogens with zero attached hydrogens (tertiary/aromatic N) is 5. The third-order valence-electron chi connectivity index (χ3n) is 4.50. The second-order valence-corrected chi connectivity index (χ2v) is 6.06. The maximum Gasteiger partial charge on any atom is 0.231 e. The van der Waals surface area contributed by atoms with Gasteiger partial charge in [0.1, 0.15) is 0 Å². The first-order valence-corrected chi connectivity index (χ1v) is 7.61. The highest BCUT2D eigenvalue weighted by Crippen LogP contribution is 2.27. The van der Waals surface area contributed by atoms with E-state index in [1.165, 1.54) is 12.8 Å². The lowest BCUT2D eigenvalue weighted by atomic mass is 10.0. The molecular formula is C14H24N6. The molecule has 2 aliphatic heterocycles. The zero-order valence-corrected chi connectivity index (χ0v) is 12.6. The van der Waals surface area contributed by atoms with Crippen molar-refractivity contribution < 1.29 is 0 Å². The van der Waals surface area contributed by atoms with E-state index in [1.807, 2.05) is 7.05 Å². The Bertz CT molecular complexity index is 461. The van der Waals surface area contributed by atoms with Gasteiger partial charge in [0, 0.05) is 33.2 Å². The standard InChI is InChI=1S/C14H24N6/c1-10-8-20(9-11(10)2)14-17-12(15-3)16-13(18-14)19-6-4-5-7-19/h10-11H,4-9H2,1-3H3,(H,15,16,17,18). The second kappa shape index (κ2) is 5.42. The van der Waals surface area contributed by atoms with Crippen molar-refractivity contribution >= 4 is 17.8 Å². The normalized spacial score (nSPS) is 26.4. The van der Waals surface area contributed by atoms with Gasteiger partial charge in [0.15, 0.2) is 0 Å². The third kappa shape index (κ3) is 2.51. The maximum atomic E-state index is 4.70. The summed E-state index contributed by atoms with van der Waals surface area (Å²) in [6, 6.07) is 0. The molecule has 2 unspecified atom stereocenters. The van der Waals surface area contributed by atoms with Gasteiger partial charge in [-0.1, -0.05) is 13.8 Å². The van der Waals surface area contributed by atoms with Gasteiger partial charge in [-0.25, -0.2) is 0 Å². The maximum absolute atomic E-state index is 4.70. The van der Waals surface area contributed by atoms with E-state index in [4.69, 9.17) is 4.98 Å². The van der Waals surface area contributed by atoms with Gasteiger partial charge in [0.2, 0.25) is 17.8 Å². The molecule has 1 aromatic rings. The summed E-state index contributed by atoms with van der Waals surface area (Å²) < 4.78 is 0. The molecular weight excluding hydrogens is 252 g/mol. The average Bonchev–Trinajstić information content (AvgIpc) is 3.09. The summed E-state index contributed by atoms with van der Waals surface area (Å²) in [5.74, 6) is 3.70. The minimum atomic E-state index is 0.670. The van der Waals surface area contributed by atoms with Crippen molar-refractivity contribution in [3.63, 3.8) is 0 Å². The number of hydrogen-bond acceptors (Lipinski definition) is 6. The van der Waals surface area contributed by atoms with Crippen molar-refractivity contribution in [3.05, 3.63) is 0 Å². The van der Waals surface area contributed by atoms with Crippen LogP contribution in [0.4, 0.5) is 17.8 Å². The van der Waals surface area contributed by atoms with E-state index in [9.17, 15) is 0 Å². The molecule has 0 aromatic carbocycles. The summed E-state index contributed by atoms with van der Waals surface area (Å²) in [5, 5.41) is 3.06. The van der Waals surface area contributed by atoms with Gasteiger partial charge in [-0.05, 0) is 24.7 Å². The van der Waals surface area contributed by atoms with Gasteiger partial charge in [-0.15, -0.1) is 0 Å². The van der Waals surface area contributed by atoms with Crippen molar-refractivity contribution in [2.45, 2.75) is 26.7 Å². The number of nitrogens with one attached hydrogen (secondary N) is 1. The lowest BCUT2D eigenvalue weighted by Gasteiger charge is -2.20. The SMILES string of the molecule is CNc1nc(N2CCCC2)nc(N2CC(C)C(C)C2)n1. The fraction of sp³-hybridized carbons (Fsp3) is 0.786. The van der Waals surface area contributed by atoms with Crippen LogP contribution in [0.15, 0.2) is 0 Å². The second-order valence-electron chi connectivity index (χ2n) is 6.06. The van der Waals surface area contributed by atoms with E-state index >= 15 is 0 Å². The fourth-order valence-corrected chi connectivity index (χ4v) is 2.96. The first kappa shape index (κ1) is 13.4. The summed E-state index contributed by atoms with van der Waals surface area (Å²) in [6.07, 6.45) is 2.46. The van der Waals surface area contributed by atoms with Crippen LogP contribution in [0.3, 0.4) is 0 Å². The van der Waals surface area contributed by atoms with Crippen LogP contribution in [0.1, 0.15) is 26.7 Å². The molecule has 1 aromatic heterocycles. The van der Waals surface area contributed by atoms with Crippen LogP contribution in [-0.4, -0.2) is 48.2 Å². The van der Waals surface area contributed by atoms with Gasteiger partial charge < -0.3 is 15.1 Å². The molecule has 2 saturated heterocycles. The highest BCUT2D eigenvalue weighted by molar-refractivity contribution is 5.46. The summed E-state index contributed by atoms with van der Waals surface area (Å²) in [6.45, 7) is 8.78. The molecule has 2 fully saturated rings. The van der Waals surface area contributed by atoms with Crippen molar-refractivity contribution in [1.82, 2.24) is 15.0 Å². The smallest absolute Gasteiger partial charge is 0.231 e. The predicted octanol–water partition coefficient (Wildman–Crippen LogP) is 1.61. The van der Waals surface area contributed by atoms with Gasteiger partial charge in [0.25, 0.3) is 0 Å². The number of aromatic nitrogens is 3. The lowest BCUT2D eigenvalue weighted by Crippen LogP contribution is -2.26. The van der Waals surface area contributed by atoms with Crippen LogP contribution in [0.25, 0.3) is 0 Å². The van der Waals surface area contributed by atoms with Crippen molar-refractivity contribution in [2.24, 2.45) is 11.8 Å². The van der Waals surface area contributed by atoms with E-state index in [0.29, 0.717) is 17.8 Å². The zero-order chi connectivity index (χ0) is 14.1. The summed E-state index contributed by atoms with van der Waals surface area (Å²) in [4.78, 5) is 18.3. The molecule has 0 radical (unpaired) electrons. The van der Waals surface area contributed by atoms with E-state index in [1.54, 1.807) is 0 Å². The highest BCUT2D eigenvalue weighted by atomic mass is 15.4. The first-order valence-electron chi connectivity index (χ1n) is 7.61. The van der Waals surface area contributed by atoms with E-state index in [0.717, 1.165) is 38.1 Å². The van der Waals surface area contributed by atoms with Gasteiger partial charge in [0.05, 0.1) is 0 Å².